The zero-order chi connectivity index (χ0) is 19.1. The van der Waals surface area contributed by atoms with Gasteiger partial charge in [-0.3, -0.25) is 4.99 Å². The number of nitrogens with two attached hydrogens (primary N) is 1. The molecule has 0 spiro atoms. The van der Waals surface area contributed by atoms with E-state index in [2.05, 4.69) is 31.3 Å². The van der Waals surface area contributed by atoms with Crippen molar-refractivity contribution in [2.45, 2.75) is 49.7 Å². The molecule has 1 heterocycles. The summed E-state index contributed by atoms with van der Waals surface area (Å²) in [5.74, 6) is 2.26. The standard InChI is InChI=1S/C19H28N6OS/c1-26-16-10-5-7-14(13-16)22-18(20)21-12-6-11-17-23-24-19(27-2)25(17)15-8-3-4-9-15/h5,7,10,13,15H,3-4,6,8-9,11-12H2,1-2H3,(H3,20,21,22). The van der Waals surface area contributed by atoms with Crippen LogP contribution in [0.5, 0.6) is 5.75 Å². The second kappa shape index (κ2) is 9.64. The first-order chi connectivity index (χ1) is 13.2. The lowest BCUT2D eigenvalue weighted by Gasteiger charge is -2.16. The maximum Gasteiger partial charge on any atom is 0.193 e. The number of hydrogen-bond donors (Lipinski definition) is 2. The average Bonchev–Trinajstić information content (AvgIpc) is 3.34. The molecule has 0 radical (unpaired) electrons. The topological polar surface area (TPSA) is 90.3 Å². The molecule has 7 nitrogen and oxygen atoms in total. The fraction of sp³-hybridized carbons (Fsp3) is 0.526. The number of hydrogen-bond acceptors (Lipinski definition) is 5. The lowest BCUT2D eigenvalue weighted by molar-refractivity contribution is 0.415. The Labute approximate surface area is 164 Å². The van der Waals surface area contributed by atoms with Crippen molar-refractivity contribution in [1.29, 1.82) is 0 Å². The molecule has 1 aromatic carbocycles. The summed E-state index contributed by atoms with van der Waals surface area (Å²) in [6, 6.07) is 8.17. The molecule has 0 bridgehead atoms. The van der Waals surface area contributed by atoms with Crippen molar-refractivity contribution in [1.82, 2.24) is 14.8 Å². The van der Waals surface area contributed by atoms with E-state index in [0.29, 0.717) is 18.5 Å². The molecule has 0 atom stereocenters. The first kappa shape index (κ1) is 19.5. The largest absolute Gasteiger partial charge is 0.497 e. The van der Waals surface area contributed by atoms with Crippen molar-refractivity contribution in [2.24, 2.45) is 10.7 Å². The maximum absolute atomic E-state index is 5.99. The quantitative estimate of drug-likeness (QED) is 0.311. The molecule has 0 aliphatic heterocycles. The molecule has 3 rings (SSSR count). The molecular weight excluding hydrogens is 360 g/mol. The summed E-state index contributed by atoms with van der Waals surface area (Å²) in [4.78, 5) is 4.42. The minimum atomic E-state index is 0.408. The Bertz CT molecular complexity index is 769. The van der Waals surface area contributed by atoms with Crippen molar-refractivity contribution in [2.75, 3.05) is 25.2 Å². The number of guanidine groups is 1. The highest BCUT2D eigenvalue weighted by Gasteiger charge is 2.23. The summed E-state index contributed by atoms with van der Waals surface area (Å²) in [5, 5.41) is 12.9. The molecule has 0 unspecified atom stereocenters. The van der Waals surface area contributed by atoms with Gasteiger partial charge in [-0.25, -0.2) is 0 Å². The van der Waals surface area contributed by atoms with Crippen LogP contribution in [-0.2, 0) is 6.42 Å². The van der Waals surface area contributed by atoms with Gasteiger partial charge in [0.25, 0.3) is 0 Å². The zero-order valence-electron chi connectivity index (χ0n) is 16.0. The van der Waals surface area contributed by atoms with Crippen LogP contribution in [-0.4, -0.2) is 40.6 Å². The van der Waals surface area contributed by atoms with Gasteiger partial charge in [0.2, 0.25) is 0 Å². The van der Waals surface area contributed by atoms with Gasteiger partial charge in [-0.05, 0) is 37.7 Å². The summed E-state index contributed by atoms with van der Waals surface area (Å²) >= 11 is 1.67. The van der Waals surface area contributed by atoms with E-state index in [1.165, 1.54) is 25.7 Å². The van der Waals surface area contributed by atoms with Crippen molar-refractivity contribution in [3.63, 3.8) is 0 Å². The van der Waals surface area contributed by atoms with E-state index >= 15 is 0 Å². The first-order valence-electron chi connectivity index (χ1n) is 9.40. The Hall–Kier alpha value is -2.22. The average molecular weight is 389 g/mol. The summed E-state index contributed by atoms with van der Waals surface area (Å²) in [6.07, 6.45) is 8.87. The molecule has 2 aromatic rings. The molecule has 0 amide bonds. The number of nitrogens with one attached hydrogen (secondary N) is 1. The Morgan fingerprint density at radius 1 is 1.37 bits per heavy atom. The maximum atomic E-state index is 5.99. The molecule has 1 saturated carbocycles. The van der Waals surface area contributed by atoms with Gasteiger partial charge < -0.3 is 20.4 Å². The van der Waals surface area contributed by atoms with E-state index < -0.39 is 0 Å². The van der Waals surface area contributed by atoms with Gasteiger partial charge in [-0.1, -0.05) is 30.7 Å². The van der Waals surface area contributed by atoms with Crippen molar-refractivity contribution in [3.8, 4) is 5.75 Å². The summed E-state index contributed by atoms with van der Waals surface area (Å²) < 4.78 is 7.56. The van der Waals surface area contributed by atoms with Crippen LogP contribution in [0.2, 0.25) is 0 Å². The molecule has 146 valence electrons. The van der Waals surface area contributed by atoms with Crippen LogP contribution in [0.1, 0.15) is 44.0 Å². The first-order valence-corrected chi connectivity index (χ1v) is 10.6. The number of nitrogens with zero attached hydrogens (tertiary/aromatic N) is 4. The fourth-order valence-corrected chi connectivity index (χ4v) is 4.04. The number of aromatic nitrogens is 3. The van der Waals surface area contributed by atoms with Crippen LogP contribution in [0, 0.1) is 0 Å². The number of thioether (sulfide) groups is 1. The number of aryl methyl sites for hydroxylation is 1. The monoisotopic (exact) mass is 388 g/mol. The third-order valence-electron chi connectivity index (χ3n) is 4.79. The van der Waals surface area contributed by atoms with Crippen LogP contribution >= 0.6 is 11.8 Å². The Balaban J connectivity index is 1.53. The van der Waals surface area contributed by atoms with Gasteiger partial charge >= 0.3 is 0 Å². The molecule has 3 N–H and O–H groups in total. The van der Waals surface area contributed by atoms with Crippen LogP contribution < -0.4 is 15.8 Å². The van der Waals surface area contributed by atoms with Gasteiger partial charge in [0.15, 0.2) is 11.1 Å². The molecule has 8 heteroatoms. The van der Waals surface area contributed by atoms with E-state index in [-0.39, 0.29) is 0 Å². The van der Waals surface area contributed by atoms with Crippen LogP contribution in [0.15, 0.2) is 34.4 Å². The Kier molecular flexibility index (Phi) is 6.98. The fourth-order valence-electron chi connectivity index (χ4n) is 3.47. The van der Waals surface area contributed by atoms with Crippen molar-refractivity contribution in [3.05, 3.63) is 30.1 Å². The number of aliphatic imine (C=N–C) groups is 1. The second-order valence-corrected chi connectivity index (χ2v) is 7.41. The smallest absolute Gasteiger partial charge is 0.193 e. The summed E-state index contributed by atoms with van der Waals surface area (Å²) in [7, 11) is 1.64. The van der Waals surface area contributed by atoms with Gasteiger partial charge in [-0.15, -0.1) is 10.2 Å². The van der Waals surface area contributed by atoms with E-state index in [4.69, 9.17) is 10.5 Å². The Morgan fingerprint density at radius 2 is 2.19 bits per heavy atom. The van der Waals surface area contributed by atoms with Gasteiger partial charge in [0.05, 0.1) is 7.11 Å². The third-order valence-corrected chi connectivity index (χ3v) is 5.43. The molecule has 0 saturated heterocycles. The van der Waals surface area contributed by atoms with Crippen LogP contribution in [0.25, 0.3) is 0 Å². The van der Waals surface area contributed by atoms with Gasteiger partial charge in [0, 0.05) is 30.8 Å². The van der Waals surface area contributed by atoms with Gasteiger partial charge in [-0.2, -0.15) is 0 Å². The van der Waals surface area contributed by atoms with Crippen LogP contribution in [0.4, 0.5) is 5.69 Å². The highest BCUT2D eigenvalue weighted by molar-refractivity contribution is 7.98. The minimum Gasteiger partial charge on any atom is -0.497 e. The summed E-state index contributed by atoms with van der Waals surface area (Å²) in [5.41, 5.74) is 6.86. The lowest BCUT2D eigenvalue weighted by Crippen LogP contribution is -2.23. The number of methoxy groups -OCH3 is 1. The normalized spacial score (nSPS) is 15.3. The van der Waals surface area contributed by atoms with Crippen molar-refractivity contribution >= 4 is 23.4 Å². The van der Waals surface area contributed by atoms with E-state index in [1.807, 2.05) is 24.3 Å². The molecular formula is C19H28N6OS. The van der Waals surface area contributed by atoms with Crippen molar-refractivity contribution < 1.29 is 4.74 Å². The third kappa shape index (κ3) is 5.15. The molecule has 27 heavy (non-hydrogen) atoms. The van der Waals surface area contributed by atoms with E-state index in [9.17, 15) is 0 Å². The number of rotatable bonds is 8. The van der Waals surface area contributed by atoms with E-state index in [1.54, 1.807) is 18.9 Å². The number of anilines is 1. The number of benzene rings is 1. The zero-order valence-corrected chi connectivity index (χ0v) is 16.8. The summed E-state index contributed by atoms with van der Waals surface area (Å²) in [6.45, 7) is 0.648. The molecule has 1 fully saturated rings. The Morgan fingerprint density at radius 3 is 2.93 bits per heavy atom. The molecule has 1 aromatic heterocycles. The minimum absolute atomic E-state index is 0.408. The lowest BCUT2D eigenvalue weighted by atomic mass is 10.2. The SMILES string of the molecule is COc1cccc(NC(N)=NCCCc2nnc(SC)n2C2CCCC2)c1. The highest BCUT2D eigenvalue weighted by atomic mass is 32.2. The van der Waals surface area contributed by atoms with Crippen LogP contribution in [0.3, 0.4) is 0 Å². The predicted molar refractivity (Wildman–Crippen MR) is 111 cm³/mol. The number of ether oxygens (including phenoxy) is 1. The molecule has 1 aliphatic rings. The predicted octanol–water partition coefficient (Wildman–Crippen LogP) is 3.48. The molecule has 1 aliphatic carbocycles. The highest BCUT2D eigenvalue weighted by Crippen LogP contribution is 2.33. The second-order valence-electron chi connectivity index (χ2n) is 6.64. The van der Waals surface area contributed by atoms with E-state index in [0.717, 1.165) is 35.3 Å². The van der Waals surface area contributed by atoms with Gasteiger partial charge in [0.1, 0.15) is 11.6 Å².